The van der Waals surface area contributed by atoms with Crippen LogP contribution in [0.4, 0.5) is 5.69 Å². The topological polar surface area (TPSA) is 78.4 Å². The minimum Gasteiger partial charge on any atom is -0.389 e. The lowest BCUT2D eigenvalue weighted by atomic mass is 10.1. The fourth-order valence-electron chi connectivity index (χ4n) is 1.43. The van der Waals surface area contributed by atoms with E-state index in [-0.39, 0.29) is 11.4 Å². The van der Waals surface area contributed by atoms with Gasteiger partial charge in [-0.1, -0.05) is 19.1 Å². The molecule has 1 aromatic carbocycles. The summed E-state index contributed by atoms with van der Waals surface area (Å²) in [6, 6.07) is 6.62. The van der Waals surface area contributed by atoms with Gasteiger partial charge in [0.15, 0.2) is 0 Å². The van der Waals surface area contributed by atoms with Crippen LogP contribution in [0.25, 0.3) is 0 Å². The van der Waals surface area contributed by atoms with Crippen LogP contribution in [0.1, 0.15) is 20.8 Å². The largest absolute Gasteiger partial charge is 0.389 e. The normalized spacial score (nSPS) is 12.4. The van der Waals surface area contributed by atoms with Gasteiger partial charge in [0, 0.05) is 13.1 Å². The Morgan fingerprint density at radius 2 is 1.89 bits per heavy atom. The standard InChI is InChI=1S/C12H20N2O3S/c1-4-14-18(16,17)11-8-6-5-7-10(11)13-9-12(2,3)15/h5-8,13-15H,4,9H2,1-3H3. The van der Waals surface area contributed by atoms with Gasteiger partial charge in [0.05, 0.1) is 11.3 Å². The molecule has 0 aliphatic heterocycles. The first-order chi connectivity index (χ1) is 8.26. The van der Waals surface area contributed by atoms with Gasteiger partial charge < -0.3 is 10.4 Å². The van der Waals surface area contributed by atoms with E-state index in [1.54, 1.807) is 39.0 Å². The van der Waals surface area contributed by atoms with E-state index in [0.717, 1.165) is 0 Å². The molecule has 0 saturated carbocycles. The monoisotopic (exact) mass is 272 g/mol. The quantitative estimate of drug-likeness (QED) is 0.726. The molecule has 102 valence electrons. The Balaban J connectivity index is 3.00. The minimum absolute atomic E-state index is 0.191. The molecule has 0 heterocycles. The van der Waals surface area contributed by atoms with Crippen LogP contribution in [0.3, 0.4) is 0 Å². The molecular weight excluding hydrogens is 252 g/mol. The maximum Gasteiger partial charge on any atom is 0.242 e. The van der Waals surface area contributed by atoms with Crippen LogP contribution in [0.15, 0.2) is 29.2 Å². The summed E-state index contributed by atoms with van der Waals surface area (Å²) in [5.41, 5.74) is -0.421. The van der Waals surface area contributed by atoms with Crippen molar-refractivity contribution in [3.8, 4) is 0 Å². The first kappa shape index (κ1) is 14.9. The molecule has 0 saturated heterocycles. The zero-order chi connectivity index (χ0) is 13.8. The fourth-order valence-corrected chi connectivity index (χ4v) is 2.65. The van der Waals surface area contributed by atoms with Crippen molar-refractivity contribution in [2.45, 2.75) is 31.3 Å². The highest BCUT2D eigenvalue weighted by molar-refractivity contribution is 7.89. The Labute approximate surface area is 108 Å². The summed E-state index contributed by atoms with van der Waals surface area (Å²) in [5, 5.41) is 12.6. The molecule has 0 amide bonds. The Morgan fingerprint density at radius 3 is 2.44 bits per heavy atom. The third-order valence-electron chi connectivity index (χ3n) is 2.22. The molecule has 0 aromatic heterocycles. The van der Waals surface area contributed by atoms with Gasteiger partial charge in [-0.25, -0.2) is 13.1 Å². The molecule has 0 fully saturated rings. The van der Waals surface area contributed by atoms with Crippen molar-refractivity contribution >= 4 is 15.7 Å². The van der Waals surface area contributed by atoms with Crippen LogP contribution in [-0.4, -0.2) is 32.2 Å². The number of rotatable bonds is 6. The fraction of sp³-hybridized carbons (Fsp3) is 0.500. The first-order valence-corrected chi connectivity index (χ1v) is 7.29. The maximum absolute atomic E-state index is 12.0. The second kappa shape index (κ2) is 5.69. The summed E-state index contributed by atoms with van der Waals surface area (Å²) in [6.07, 6.45) is 0. The number of benzene rings is 1. The molecule has 1 aromatic rings. The molecule has 0 spiro atoms. The van der Waals surface area contributed by atoms with Gasteiger partial charge in [-0.2, -0.15) is 0 Å². The first-order valence-electron chi connectivity index (χ1n) is 5.81. The molecule has 0 atom stereocenters. The van der Waals surface area contributed by atoms with Gasteiger partial charge in [-0.3, -0.25) is 0 Å². The third-order valence-corrected chi connectivity index (χ3v) is 3.83. The van der Waals surface area contributed by atoms with Gasteiger partial charge in [0.1, 0.15) is 4.90 Å². The summed E-state index contributed by atoms with van der Waals surface area (Å²) >= 11 is 0. The number of sulfonamides is 1. The predicted octanol–water partition coefficient (Wildman–Crippen LogP) is 1.17. The van der Waals surface area contributed by atoms with E-state index in [1.165, 1.54) is 6.07 Å². The number of anilines is 1. The zero-order valence-corrected chi connectivity index (χ0v) is 11.7. The molecule has 0 aliphatic rings. The van der Waals surface area contributed by atoms with Crippen molar-refractivity contribution in [1.82, 2.24) is 4.72 Å². The van der Waals surface area contributed by atoms with E-state index in [0.29, 0.717) is 12.2 Å². The zero-order valence-electron chi connectivity index (χ0n) is 10.9. The third kappa shape index (κ3) is 4.29. The predicted molar refractivity (Wildman–Crippen MR) is 72.1 cm³/mol. The van der Waals surface area contributed by atoms with Crippen LogP contribution >= 0.6 is 0 Å². The second-order valence-corrected chi connectivity index (χ2v) is 6.40. The van der Waals surface area contributed by atoms with Crippen LogP contribution in [0.2, 0.25) is 0 Å². The van der Waals surface area contributed by atoms with E-state index >= 15 is 0 Å². The van der Waals surface area contributed by atoms with Gasteiger partial charge in [0.2, 0.25) is 10.0 Å². The van der Waals surface area contributed by atoms with Crippen molar-refractivity contribution in [2.24, 2.45) is 0 Å². The Morgan fingerprint density at radius 1 is 1.28 bits per heavy atom. The second-order valence-electron chi connectivity index (χ2n) is 4.66. The molecule has 0 bridgehead atoms. The summed E-state index contributed by atoms with van der Waals surface area (Å²) in [5.74, 6) is 0. The van der Waals surface area contributed by atoms with Crippen molar-refractivity contribution in [2.75, 3.05) is 18.4 Å². The van der Waals surface area contributed by atoms with E-state index in [2.05, 4.69) is 10.0 Å². The summed E-state index contributed by atoms with van der Waals surface area (Å²) in [7, 11) is -3.50. The molecule has 5 nitrogen and oxygen atoms in total. The lowest BCUT2D eigenvalue weighted by Gasteiger charge is -2.20. The van der Waals surface area contributed by atoms with Crippen molar-refractivity contribution < 1.29 is 13.5 Å². The van der Waals surface area contributed by atoms with Crippen molar-refractivity contribution in [3.05, 3.63) is 24.3 Å². The Hall–Kier alpha value is -1.11. The lowest BCUT2D eigenvalue weighted by Crippen LogP contribution is -2.30. The number of aliphatic hydroxyl groups is 1. The average molecular weight is 272 g/mol. The summed E-state index contributed by atoms with van der Waals surface area (Å²) in [6.45, 7) is 5.64. The molecule has 0 unspecified atom stereocenters. The summed E-state index contributed by atoms with van der Waals surface area (Å²) in [4.78, 5) is 0.191. The van der Waals surface area contributed by atoms with Crippen LogP contribution < -0.4 is 10.0 Å². The van der Waals surface area contributed by atoms with E-state index in [4.69, 9.17) is 0 Å². The molecular formula is C12H20N2O3S. The summed E-state index contributed by atoms with van der Waals surface area (Å²) < 4.78 is 26.4. The minimum atomic E-state index is -3.50. The number of hydrogen-bond donors (Lipinski definition) is 3. The highest BCUT2D eigenvalue weighted by Crippen LogP contribution is 2.21. The molecule has 18 heavy (non-hydrogen) atoms. The van der Waals surface area contributed by atoms with Gasteiger partial charge in [-0.15, -0.1) is 0 Å². The average Bonchev–Trinajstić information content (AvgIpc) is 2.26. The maximum atomic E-state index is 12.0. The molecule has 0 aliphatic carbocycles. The van der Waals surface area contributed by atoms with Crippen LogP contribution in [-0.2, 0) is 10.0 Å². The van der Waals surface area contributed by atoms with E-state index in [1.807, 2.05) is 0 Å². The Kier molecular flexibility index (Phi) is 4.72. The molecule has 6 heteroatoms. The van der Waals surface area contributed by atoms with E-state index in [9.17, 15) is 13.5 Å². The highest BCUT2D eigenvalue weighted by atomic mass is 32.2. The SMILES string of the molecule is CCNS(=O)(=O)c1ccccc1NCC(C)(C)O. The molecule has 0 radical (unpaired) electrons. The van der Waals surface area contributed by atoms with Gasteiger partial charge >= 0.3 is 0 Å². The lowest BCUT2D eigenvalue weighted by molar-refractivity contribution is 0.0944. The molecule has 1 rings (SSSR count). The number of para-hydroxylation sites is 1. The van der Waals surface area contributed by atoms with Crippen molar-refractivity contribution in [3.63, 3.8) is 0 Å². The van der Waals surface area contributed by atoms with E-state index < -0.39 is 15.6 Å². The van der Waals surface area contributed by atoms with Crippen LogP contribution in [0, 0.1) is 0 Å². The number of hydrogen-bond acceptors (Lipinski definition) is 4. The molecule has 3 N–H and O–H groups in total. The van der Waals surface area contributed by atoms with Gasteiger partial charge in [-0.05, 0) is 26.0 Å². The van der Waals surface area contributed by atoms with Crippen molar-refractivity contribution in [1.29, 1.82) is 0 Å². The smallest absolute Gasteiger partial charge is 0.242 e. The van der Waals surface area contributed by atoms with Gasteiger partial charge in [0.25, 0.3) is 0 Å². The Bertz CT molecular complexity index is 492. The number of nitrogens with one attached hydrogen (secondary N) is 2. The highest BCUT2D eigenvalue weighted by Gasteiger charge is 2.19. The van der Waals surface area contributed by atoms with Crippen LogP contribution in [0.5, 0.6) is 0 Å².